The molecule has 0 aromatic rings. The van der Waals surface area contributed by atoms with Crippen molar-refractivity contribution in [3.63, 3.8) is 0 Å². The van der Waals surface area contributed by atoms with Crippen LogP contribution in [0.3, 0.4) is 0 Å². The first-order valence-electron chi connectivity index (χ1n) is 5.75. The molecule has 0 fully saturated rings. The number of hydrogen-bond donors (Lipinski definition) is 0. The van der Waals surface area contributed by atoms with Gasteiger partial charge in [0.05, 0.1) is 13.0 Å². The van der Waals surface area contributed by atoms with Gasteiger partial charge >= 0.3 is 5.97 Å². The van der Waals surface area contributed by atoms with Gasteiger partial charge in [0.25, 0.3) is 0 Å². The molecule has 3 nitrogen and oxygen atoms in total. The molecule has 0 aliphatic rings. The van der Waals surface area contributed by atoms with Crippen LogP contribution in [0.1, 0.15) is 47.0 Å². The maximum Gasteiger partial charge on any atom is 0.306 e. The van der Waals surface area contributed by atoms with Crippen LogP contribution in [0.4, 0.5) is 0 Å². The van der Waals surface area contributed by atoms with E-state index in [4.69, 9.17) is 9.47 Å². The highest BCUT2D eigenvalue weighted by Crippen LogP contribution is 2.25. The summed E-state index contributed by atoms with van der Waals surface area (Å²) in [4.78, 5) is 11.3. The molecule has 0 N–H and O–H groups in total. The third-order valence-corrected chi connectivity index (χ3v) is 2.20. The van der Waals surface area contributed by atoms with Gasteiger partial charge in [0.2, 0.25) is 0 Å². The summed E-state index contributed by atoms with van der Waals surface area (Å²) in [5, 5.41) is 0. The van der Waals surface area contributed by atoms with Gasteiger partial charge in [-0.15, -0.1) is 0 Å². The van der Waals surface area contributed by atoms with Crippen LogP contribution in [0.2, 0.25) is 0 Å². The van der Waals surface area contributed by atoms with Gasteiger partial charge in [0.15, 0.2) is 0 Å². The van der Waals surface area contributed by atoms with Gasteiger partial charge in [0, 0.05) is 13.2 Å². The van der Waals surface area contributed by atoms with Crippen molar-refractivity contribution >= 4 is 5.97 Å². The summed E-state index contributed by atoms with van der Waals surface area (Å²) in [5.41, 5.74) is -0.0278. The maximum absolute atomic E-state index is 11.3. The van der Waals surface area contributed by atoms with Gasteiger partial charge in [-0.3, -0.25) is 4.79 Å². The zero-order chi connectivity index (χ0) is 11.7. The molecule has 0 aromatic heterocycles. The lowest BCUT2D eigenvalue weighted by atomic mass is 9.86. The fourth-order valence-electron chi connectivity index (χ4n) is 1.29. The number of rotatable bonds is 8. The Labute approximate surface area is 93.1 Å². The van der Waals surface area contributed by atoms with Gasteiger partial charge in [0.1, 0.15) is 0 Å². The van der Waals surface area contributed by atoms with E-state index in [1.54, 1.807) is 0 Å². The van der Waals surface area contributed by atoms with E-state index in [1.165, 1.54) is 0 Å². The summed E-state index contributed by atoms with van der Waals surface area (Å²) in [5.74, 6) is -0.113. The molecule has 0 unspecified atom stereocenters. The lowest BCUT2D eigenvalue weighted by molar-refractivity contribution is -0.145. The summed E-state index contributed by atoms with van der Waals surface area (Å²) < 4.78 is 10.3. The fraction of sp³-hybridized carbons (Fsp3) is 0.917. The molecular formula is C12H24O3. The van der Waals surface area contributed by atoms with E-state index in [1.807, 2.05) is 6.92 Å². The van der Waals surface area contributed by atoms with Gasteiger partial charge in [-0.25, -0.2) is 0 Å². The molecule has 0 bridgehead atoms. The molecule has 0 aliphatic heterocycles. The Hall–Kier alpha value is -0.570. The van der Waals surface area contributed by atoms with Crippen molar-refractivity contribution in [1.82, 2.24) is 0 Å². The maximum atomic E-state index is 11.3. The van der Waals surface area contributed by atoms with Crippen molar-refractivity contribution in [1.29, 1.82) is 0 Å². The number of ether oxygens (including phenoxy) is 2. The summed E-state index contributed by atoms with van der Waals surface area (Å²) in [7, 11) is 0. The molecule has 0 rings (SSSR count). The van der Waals surface area contributed by atoms with Crippen molar-refractivity contribution in [3.8, 4) is 0 Å². The Morgan fingerprint density at radius 2 is 1.87 bits per heavy atom. The molecule has 0 aromatic carbocycles. The summed E-state index contributed by atoms with van der Waals surface area (Å²) in [6, 6.07) is 0. The van der Waals surface area contributed by atoms with Crippen LogP contribution in [0.25, 0.3) is 0 Å². The van der Waals surface area contributed by atoms with Crippen LogP contribution in [-0.4, -0.2) is 25.8 Å². The summed E-state index contributed by atoms with van der Waals surface area (Å²) >= 11 is 0. The highest BCUT2D eigenvalue weighted by Gasteiger charge is 2.22. The SMILES string of the molecule is CCCOCCC(C)(C)CC(=O)OCC. The van der Waals surface area contributed by atoms with E-state index in [9.17, 15) is 4.79 Å². The molecule has 0 amide bonds. The van der Waals surface area contributed by atoms with Gasteiger partial charge in [-0.2, -0.15) is 0 Å². The molecule has 0 heterocycles. The topological polar surface area (TPSA) is 35.5 Å². The van der Waals surface area contributed by atoms with Crippen LogP contribution in [0.15, 0.2) is 0 Å². The minimum absolute atomic E-state index is 0.0278. The molecule has 90 valence electrons. The lowest BCUT2D eigenvalue weighted by Crippen LogP contribution is -2.21. The summed E-state index contributed by atoms with van der Waals surface area (Å²) in [6.07, 6.45) is 2.40. The van der Waals surface area contributed by atoms with E-state index >= 15 is 0 Å². The molecule has 0 aliphatic carbocycles. The smallest absolute Gasteiger partial charge is 0.306 e. The first-order chi connectivity index (χ1) is 7.02. The second-order valence-corrected chi connectivity index (χ2v) is 4.51. The van der Waals surface area contributed by atoms with Crippen molar-refractivity contribution in [3.05, 3.63) is 0 Å². The summed E-state index contributed by atoms with van der Waals surface area (Å²) in [6.45, 7) is 10.0. The van der Waals surface area contributed by atoms with E-state index in [0.29, 0.717) is 13.0 Å². The molecule has 0 spiro atoms. The highest BCUT2D eigenvalue weighted by molar-refractivity contribution is 5.70. The Morgan fingerprint density at radius 3 is 2.40 bits per heavy atom. The van der Waals surface area contributed by atoms with Gasteiger partial charge in [-0.1, -0.05) is 20.8 Å². The third-order valence-electron chi connectivity index (χ3n) is 2.20. The van der Waals surface area contributed by atoms with Gasteiger partial charge in [-0.05, 0) is 25.2 Å². The molecule has 0 saturated heterocycles. The van der Waals surface area contributed by atoms with Crippen LogP contribution in [0.5, 0.6) is 0 Å². The standard InChI is InChI=1S/C12H24O3/c1-5-8-14-9-7-12(3,4)10-11(13)15-6-2/h5-10H2,1-4H3. The second-order valence-electron chi connectivity index (χ2n) is 4.51. The zero-order valence-electron chi connectivity index (χ0n) is 10.5. The van der Waals surface area contributed by atoms with E-state index < -0.39 is 0 Å². The van der Waals surface area contributed by atoms with Gasteiger partial charge < -0.3 is 9.47 Å². The quantitative estimate of drug-likeness (QED) is 0.462. The Balaban J connectivity index is 3.70. The minimum Gasteiger partial charge on any atom is -0.466 e. The average Bonchev–Trinajstić information content (AvgIpc) is 2.12. The number of carbonyl (C=O) groups is 1. The molecule has 0 saturated carbocycles. The first kappa shape index (κ1) is 14.4. The number of hydrogen-bond acceptors (Lipinski definition) is 3. The second kappa shape index (κ2) is 7.69. The van der Waals surface area contributed by atoms with Crippen LogP contribution < -0.4 is 0 Å². The van der Waals surface area contributed by atoms with E-state index in [-0.39, 0.29) is 11.4 Å². The molecule has 3 heteroatoms. The van der Waals surface area contributed by atoms with E-state index in [2.05, 4.69) is 20.8 Å². The number of esters is 1. The molecular weight excluding hydrogens is 192 g/mol. The predicted molar refractivity (Wildman–Crippen MR) is 60.8 cm³/mol. The molecule has 0 radical (unpaired) electrons. The van der Waals surface area contributed by atoms with E-state index in [0.717, 1.165) is 26.1 Å². The third kappa shape index (κ3) is 8.43. The first-order valence-corrected chi connectivity index (χ1v) is 5.75. The lowest BCUT2D eigenvalue weighted by Gasteiger charge is -2.23. The number of carbonyl (C=O) groups excluding carboxylic acids is 1. The van der Waals surface area contributed by atoms with Crippen LogP contribution in [0, 0.1) is 5.41 Å². The Bertz CT molecular complexity index is 176. The Morgan fingerprint density at radius 1 is 1.20 bits per heavy atom. The van der Waals surface area contributed by atoms with Crippen LogP contribution in [-0.2, 0) is 14.3 Å². The normalized spacial score (nSPS) is 11.5. The van der Waals surface area contributed by atoms with Crippen molar-refractivity contribution in [2.45, 2.75) is 47.0 Å². The van der Waals surface area contributed by atoms with Crippen molar-refractivity contribution in [2.75, 3.05) is 19.8 Å². The fourth-order valence-corrected chi connectivity index (χ4v) is 1.29. The van der Waals surface area contributed by atoms with Crippen LogP contribution >= 0.6 is 0 Å². The molecule has 0 atom stereocenters. The largest absolute Gasteiger partial charge is 0.466 e. The zero-order valence-corrected chi connectivity index (χ0v) is 10.5. The van der Waals surface area contributed by atoms with Crippen molar-refractivity contribution in [2.24, 2.45) is 5.41 Å². The Kier molecular flexibility index (Phi) is 7.39. The monoisotopic (exact) mass is 216 g/mol. The molecule has 15 heavy (non-hydrogen) atoms. The average molecular weight is 216 g/mol. The minimum atomic E-state index is -0.113. The highest BCUT2D eigenvalue weighted by atomic mass is 16.5. The predicted octanol–water partition coefficient (Wildman–Crippen LogP) is 2.78. The van der Waals surface area contributed by atoms with Crippen molar-refractivity contribution < 1.29 is 14.3 Å².